The molecule has 0 saturated carbocycles. The monoisotopic (exact) mass is 269 g/mol. The van der Waals surface area contributed by atoms with Crippen LogP contribution in [-0.4, -0.2) is 6.54 Å². The highest BCUT2D eigenvalue weighted by Crippen LogP contribution is 2.18. The molecule has 0 heterocycles. The summed E-state index contributed by atoms with van der Waals surface area (Å²) in [5.41, 5.74) is 0.408. The van der Waals surface area contributed by atoms with Gasteiger partial charge in [-0.2, -0.15) is 0 Å². The van der Waals surface area contributed by atoms with Crippen molar-refractivity contribution >= 4 is 0 Å². The highest BCUT2D eigenvalue weighted by Gasteiger charge is 2.10. The fraction of sp³-hybridized carbons (Fsp3) is 0.625. The summed E-state index contributed by atoms with van der Waals surface area (Å²) in [6.45, 7) is 4.93. The van der Waals surface area contributed by atoms with Crippen LogP contribution in [0.25, 0.3) is 0 Å². The van der Waals surface area contributed by atoms with Gasteiger partial charge in [-0.25, -0.2) is 8.78 Å². The Morgan fingerprint density at radius 1 is 1.05 bits per heavy atom. The number of hydrogen-bond donors (Lipinski definition) is 1. The topological polar surface area (TPSA) is 12.0 Å². The van der Waals surface area contributed by atoms with Gasteiger partial charge >= 0.3 is 0 Å². The van der Waals surface area contributed by atoms with E-state index in [1.54, 1.807) is 0 Å². The SMILES string of the molecule is CCCCCCCCNC(C)c1cc(F)ccc1F. The number of unbranched alkanes of at least 4 members (excludes halogenated alkanes) is 5. The molecule has 0 radical (unpaired) electrons. The molecular formula is C16H25F2N. The normalized spacial score (nSPS) is 12.6. The molecule has 108 valence electrons. The van der Waals surface area contributed by atoms with E-state index in [1.807, 2.05) is 6.92 Å². The Bertz CT molecular complexity index is 366. The second-order valence-electron chi connectivity index (χ2n) is 5.11. The predicted octanol–water partition coefficient (Wildman–Crippen LogP) is 4.98. The molecule has 1 unspecified atom stereocenters. The summed E-state index contributed by atoms with van der Waals surface area (Å²) in [4.78, 5) is 0. The zero-order valence-electron chi connectivity index (χ0n) is 12.0. The van der Waals surface area contributed by atoms with Gasteiger partial charge in [-0.3, -0.25) is 0 Å². The van der Waals surface area contributed by atoms with Gasteiger partial charge in [-0.15, -0.1) is 0 Å². The Morgan fingerprint density at radius 3 is 2.47 bits per heavy atom. The minimum atomic E-state index is -0.385. The first kappa shape index (κ1) is 16.1. The van der Waals surface area contributed by atoms with Crippen LogP contribution in [0, 0.1) is 11.6 Å². The van der Waals surface area contributed by atoms with Gasteiger partial charge in [-0.1, -0.05) is 39.0 Å². The van der Waals surface area contributed by atoms with Crippen LogP contribution in [0.4, 0.5) is 8.78 Å². The fourth-order valence-electron chi connectivity index (χ4n) is 2.18. The van der Waals surface area contributed by atoms with Crippen molar-refractivity contribution in [2.75, 3.05) is 6.54 Å². The Balaban J connectivity index is 2.23. The summed E-state index contributed by atoms with van der Waals surface area (Å²) in [5.74, 6) is -0.728. The van der Waals surface area contributed by atoms with Crippen molar-refractivity contribution in [3.8, 4) is 0 Å². The van der Waals surface area contributed by atoms with Crippen LogP contribution < -0.4 is 5.32 Å². The van der Waals surface area contributed by atoms with Crippen LogP contribution in [0.15, 0.2) is 18.2 Å². The Morgan fingerprint density at radius 2 is 1.74 bits per heavy atom. The van der Waals surface area contributed by atoms with Gasteiger partial charge in [0.1, 0.15) is 11.6 Å². The van der Waals surface area contributed by atoms with Crippen LogP contribution in [0.3, 0.4) is 0 Å². The molecule has 0 aliphatic rings. The summed E-state index contributed by atoms with van der Waals surface area (Å²) >= 11 is 0. The quantitative estimate of drug-likeness (QED) is 0.624. The number of hydrogen-bond acceptors (Lipinski definition) is 1. The second kappa shape index (κ2) is 9.03. The minimum Gasteiger partial charge on any atom is -0.310 e. The summed E-state index contributed by atoms with van der Waals surface area (Å²) in [7, 11) is 0. The maximum Gasteiger partial charge on any atom is 0.128 e. The molecule has 0 spiro atoms. The number of rotatable bonds is 9. The van der Waals surface area contributed by atoms with Crippen molar-refractivity contribution in [2.45, 2.75) is 58.4 Å². The van der Waals surface area contributed by atoms with Crippen molar-refractivity contribution < 1.29 is 8.78 Å². The summed E-state index contributed by atoms with van der Waals surface area (Å²) in [6.07, 6.45) is 7.41. The van der Waals surface area contributed by atoms with Gasteiger partial charge in [0.15, 0.2) is 0 Å². The van der Waals surface area contributed by atoms with E-state index < -0.39 is 0 Å². The van der Waals surface area contributed by atoms with Gasteiger partial charge in [0.2, 0.25) is 0 Å². The van der Waals surface area contributed by atoms with Gasteiger partial charge in [0.05, 0.1) is 0 Å². The molecule has 0 fully saturated rings. The van der Waals surface area contributed by atoms with E-state index in [4.69, 9.17) is 0 Å². The van der Waals surface area contributed by atoms with E-state index in [0.717, 1.165) is 19.0 Å². The lowest BCUT2D eigenvalue weighted by molar-refractivity contribution is 0.499. The van der Waals surface area contributed by atoms with Crippen LogP contribution in [0.2, 0.25) is 0 Å². The summed E-state index contributed by atoms with van der Waals surface area (Å²) in [5, 5.41) is 3.25. The Kier molecular flexibility index (Phi) is 7.65. The molecule has 0 saturated heterocycles. The lowest BCUT2D eigenvalue weighted by atomic mass is 10.1. The lowest BCUT2D eigenvalue weighted by Crippen LogP contribution is -2.21. The lowest BCUT2D eigenvalue weighted by Gasteiger charge is -2.15. The summed E-state index contributed by atoms with van der Waals surface area (Å²) in [6, 6.07) is 3.47. The molecule has 1 nitrogen and oxygen atoms in total. The third kappa shape index (κ3) is 6.15. The highest BCUT2D eigenvalue weighted by molar-refractivity contribution is 5.21. The molecule has 19 heavy (non-hydrogen) atoms. The largest absolute Gasteiger partial charge is 0.310 e. The highest BCUT2D eigenvalue weighted by atomic mass is 19.1. The number of nitrogens with one attached hydrogen (secondary N) is 1. The molecule has 0 bridgehead atoms. The average Bonchev–Trinajstić information content (AvgIpc) is 2.40. The zero-order chi connectivity index (χ0) is 14.1. The predicted molar refractivity (Wildman–Crippen MR) is 76.2 cm³/mol. The summed E-state index contributed by atoms with van der Waals surface area (Å²) < 4.78 is 26.6. The minimum absolute atomic E-state index is 0.147. The van der Waals surface area contributed by atoms with E-state index in [9.17, 15) is 8.78 Å². The molecule has 3 heteroatoms. The van der Waals surface area contributed by atoms with Crippen molar-refractivity contribution in [3.63, 3.8) is 0 Å². The smallest absolute Gasteiger partial charge is 0.128 e. The molecule has 0 amide bonds. The van der Waals surface area contributed by atoms with Crippen molar-refractivity contribution in [1.29, 1.82) is 0 Å². The van der Waals surface area contributed by atoms with Gasteiger partial charge < -0.3 is 5.32 Å². The van der Waals surface area contributed by atoms with Crippen LogP contribution in [0.5, 0.6) is 0 Å². The molecule has 0 aliphatic carbocycles. The first-order chi connectivity index (χ1) is 9.15. The number of benzene rings is 1. The third-order valence-corrected chi connectivity index (χ3v) is 3.41. The molecule has 1 N–H and O–H groups in total. The van der Waals surface area contributed by atoms with Crippen LogP contribution >= 0.6 is 0 Å². The van der Waals surface area contributed by atoms with Gasteiger partial charge in [0.25, 0.3) is 0 Å². The standard InChI is InChI=1S/C16H25F2N/c1-3-4-5-6-7-8-11-19-13(2)15-12-14(17)9-10-16(15)18/h9-10,12-13,19H,3-8,11H2,1-2H3. The maximum absolute atomic E-state index is 13.5. The van der Waals surface area contributed by atoms with Gasteiger partial charge in [0, 0.05) is 11.6 Å². The van der Waals surface area contributed by atoms with E-state index in [0.29, 0.717) is 5.56 Å². The zero-order valence-corrected chi connectivity index (χ0v) is 12.0. The molecule has 1 aromatic carbocycles. The first-order valence-corrected chi connectivity index (χ1v) is 7.33. The molecule has 1 rings (SSSR count). The van der Waals surface area contributed by atoms with Crippen molar-refractivity contribution in [1.82, 2.24) is 5.32 Å². The van der Waals surface area contributed by atoms with E-state index >= 15 is 0 Å². The fourth-order valence-corrected chi connectivity index (χ4v) is 2.18. The molecule has 1 atom stereocenters. The van der Waals surface area contributed by atoms with Crippen LogP contribution in [0.1, 0.15) is 64.0 Å². The average molecular weight is 269 g/mol. The van der Waals surface area contributed by atoms with Gasteiger partial charge in [-0.05, 0) is 38.1 Å². The van der Waals surface area contributed by atoms with Crippen LogP contribution in [-0.2, 0) is 0 Å². The Hall–Kier alpha value is -0.960. The van der Waals surface area contributed by atoms with E-state index in [-0.39, 0.29) is 17.7 Å². The maximum atomic E-state index is 13.5. The van der Waals surface area contributed by atoms with Crippen molar-refractivity contribution in [3.05, 3.63) is 35.4 Å². The second-order valence-corrected chi connectivity index (χ2v) is 5.11. The third-order valence-electron chi connectivity index (χ3n) is 3.41. The van der Waals surface area contributed by atoms with E-state index in [2.05, 4.69) is 12.2 Å². The number of halogens is 2. The molecule has 1 aromatic rings. The molecule has 0 aliphatic heterocycles. The van der Waals surface area contributed by atoms with E-state index in [1.165, 1.54) is 44.2 Å². The molecule has 0 aromatic heterocycles. The Labute approximate surface area is 115 Å². The molecular weight excluding hydrogens is 244 g/mol. The van der Waals surface area contributed by atoms with Crippen molar-refractivity contribution in [2.24, 2.45) is 0 Å². The first-order valence-electron chi connectivity index (χ1n) is 7.33.